The van der Waals surface area contributed by atoms with Crippen LogP contribution in [0.15, 0.2) is 11.2 Å². The lowest BCUT2D eigenvalue weighted by Gasteiger charge is -2.06. The van der Waals surface area contributed by atoms with E-state index in [2.05, 4.69) is 25.1 Å². The third kappa shape index (κ3) is 2.89. The fraction of sp³-hybridized carbons (Fsp3) is 0.364. The predicted octanol–water partition coefficient (Wildman–Crippen LogP) is 0.727. The molecule has 0 bridgehead atoms. The maximum atomic E-state index is 12.3. The van der Waals surface area contributed by atoms with Gasteiger partial charge in [-0.05, 0) is 20.8 Å². The summed E-state index contributed by atoms with van der Waals surface area (Å²) in [5, 5.41) is 12.0. The van der Waals surface area contributed by atoms with E-state index in [1.807, 2.05) is 0 Å². The second-order valence-electron chi connectivity index (χ2n) is 4.26. The van der Waals surface area contributed by atoms with Crippen molar-refractivity contribution in [1.29, 1.82) is 0 Å². The number of hydrogen-bond donors (Lipinski definition) is 3. The largest absolute Gasteiger partial charge is 0.462 e. The van der Waals surface area contributed by atoms with E-state index < -0.39 is 16.0 Å². The first-order valence-electron chi connectivity index (χ1n) is 6.11. The van der Waals surface area contributed by atoms with Crippen LogP contribution in [0.4, 0.5) is 5.82 Å². The van der Waals surface area contributed by atoms with Crippen molar-refractivity contribution in [2.75, 3.05) is 11.3 Å². The number of H-pyrrole nitrogens is 2. The quantitative estimate of drug-likeness (QED) is 0.698. The molecule has 0 radical (unpaired) electrons. The molecule has 21 heavy (non-hydrogen) atoms. The molecular weight excluding hydrogens is 298 g/mol. The Balaban J connectivity index is 2.35. The van der Waals surface area contributed by atoms with Crippen LogP contribution in [0.2, 0.25) is 0 Å². The Morgan fingerprint density at radius 2 is 2.10 bits per heavy atom. The van der Waals surface area contributed by atoms with Crippen LogP contribution >= 0.6 is 0 Å². The molecule has 2 rings (SSSR count). The summed E-state index contributed by atoms with van der Waals surface area (Å²) in [5.74, 6) is -0.599. The number of esters is 1. The third-order valence-corrected chi connectivity index (χ3v) is 4.16. The van der Waals surface area contributed by atoms with Crippen LogP contribution in [0.3, 0.4) is 0 Å². The van der Waals surface area contributed by atoms with E-state index in [0.717, 1.165) is 11.9 Å². The molecule has 0 atom stereocenters. The second-order valence-corrected chi connectivity index (χ2v) is 5.88. The standard InChI is InChI=1S/C11H15N5O4S/c1-4-20-11(17)8-5-12-15-10(8)21(18,19)16-9-6(2)7(3)13-14-9/h5H,4H2,1-3H3,(H,12,15)(H2,13,14,16). The summed E-state index contributed by atoms with van der Waals surface area (Å²) in [6.07, 6.45) is 1.11. The number of sulfonamides is 1. The smallest absolute Gasteiger partial charge is 0.342 e. The number of ether oxygens (including phenoxy) is 1. The molecular formula is C11H15N5O4S. The molecule has 0 spiro atoms. The van der Waals surface area contributed by atoms with Gasteiger partial charge in [0.1, 0.15) is 5.56 Å². The average Bonchev–Trinajstić information content (AvgIpc) is 3.02. The first kappa shape index (κ1) is 15.0. The zero-order valence-electron chi connectivity index (χ0n) is 11.7. The number of aryl methyl sites for hydroxylation is 1. The molecule has 0 amide bonds. The molecule has 0 saturated carbocycles. The summed E-state index contributed by atoms with van der Waals surface area (Å²) >= 11 is 0. The summed E-state index contributed by atoms with van der Waals surface area (Å²) in [4.78, 5) is 11.7. The molecule has 2 aromatic rings. The molecule has 0 aromatic carbocycles. The van der Waals surface area contributed by atoms with Gasteiger partial charge in [-0.2, -0.15) is 18.6 Å². The first-order valence-corrected chi connectivity index (χ1v) is 7.60. The Morgan fingerprint density at radius 3 is 2.67 bits per heavy atom. The highest BCUT2D eigenvalue weighted by molar-refractivity contribution is 7.92. The maximum absolute atomic E-state index is 12.3. The number of carbonyl (C=O) groups is 1. The van der Waals surface area contributed by atoms with Gasteiger partial charge in [0.15, 0.2) is 10.8 Å². The molecule has 0 aliphatic rings. The number of carbonyl (C=O) groups excluding carboxylic acids is 1. The van der Waals surface area contributed by atoms with Gasteiger partial charge in [-0.25, -0.2) is 4.79 Å². The van der Waals surface area contributed by atoms with E-state index in [0.29, 0.717) is 5.56 Å². The van der Waals surface area contributed by atoms with E-state index in [1.165, 1.54) is 0 Å². The molecule has 10 heteroatoms. The number of nitrogens with zero attached hydrogens (tertiary/aromatic N) is 2. The number of rotatable bonds is 5. The first-order chi connectivity index (χ1) is 9.86. The van der Waals surface area contributed by atoms with Crippen molar-refractivity contribution in [3.8, 4) is 0 Å². The summed E-state index contributed by atoms with van der Waals surface area (Å²) < 4.78 is 31.7. The Labute approximate surface area is 121 Å². The average molecular weight is 313 g/mol. The minimum absolute atomic E-state index is 0.134. The highest BCUT2D eigenvalue weighted by Crippen LogP contribution is 2.20. The van der Waals surface area contributed by atoms with E-state index in [4.69, 9.17) is 4.74 Å². The lowest BCUT2D eigenvalue weighted by molar-refractivity contribution is 0.0522. The van der Waals surface area contributed by atoms with Gasteiger partial charge in [0.25, 0.3) is 10.0 Å². The zero-order chi connectivity index (χ0) is 15.6. The van der Waals surface area contributed by atoms with E-state index in [-0.39, 0.29) is 23.0 Å². The van der Waals surface area contributed by atoms with E-state index in [9.17, 15) is 13.2 Å². The van der Waals surface area contributed by atoms with Crippen molar-refractivity contribution in [3.63, 3.8) is 0 Å². The molecule has 0 saturated heterocycles. The van der Waals surface area contributed by atoms with Crippen molar-refractivity contribution in [2.24, 2.45) is 0 Å². The van der Waals surface area contributed by atoms with Gasteiger partial charge in [-0.15, -0.1) is 0 Å². The molecule has 0 aliphatic heterocycles. The zero-order valence-corrected chi connectivity index (χ0v) is 12.5. The number of aromatic amines is 2. The van der Waals surface area contributed by atoms with Crippen LogP contribution in [0.1, 0.15) is 28.5 Å². The van der Waals surface area contributed by atoms with Crippen LogP contribution in [-0.2, 0) is 14.8 Å². The molecule has 9 nitrogen and oxygen atoms in total. The molecule has 2 heterocycles. The molecule has 3 N–H and O–H groups in total. The second kappa shape index (κ2) is 5.56. The summed E-state index contributed by atoms with van der Waals surface area (Å²) in [5.41, 5.74) is 1.24. The Kier molecular flexibility index (Phi) is 3.98. The number of hydrogen-bond acceptors (Lipinski definition) is 6. The lowest BCUT2D eigenvalue weighted by Crippen LogP contribution is -2.18. The summed E-state index contributed by atoms with van der Waals surface area (Å²) in [6, 6.07) is 0. The van der Waals surface area contributed by atoms with Crippen molar-refractivity contribution in [1.82, 2.24) is 20.4 Å². The minimum Gasteiger partial charge on any atom is -0.462 e. The molecule has 0 aliphatic carbocycles. The Morgan fingerprint density at radius 1 is 1.38 bits per heavy atom. The number of anilines is 1. The fourth-order valence-corrected chi connectivity index (χ4v) is 2.75. The lowest BCUT2D eigenvalue weighted by atomic mass is 10.3. The van der Waals surface area contributed by atoms with Gasteiger partial charge < -0.3 is 4.74 Å². The highest BCUT2D eigenvalue weighted by Gasteiger charge is 2.27. The van der Waals surface area contributed by atoms with Crippen molar-refractivity contribution < 1.29 is 17.9 Å². The molecule has 0 fully saturated rings. The molecule has 114 valence electrons. The van der Waals surface area contributed by atoms with Gasteiger partial charge >= 0.3 is 5.97 Å². The Hall–Kier alpha value is -2.36. The third-order valence-electron chi connectivity index (χ3n) is 2.85. The number of nitrogens with one attached hydrogen (secondary N) is 3. The number of aromatic nitrogens is 4. The van der Waals surface area contributed by atoms with Crippen molar-refractivity contribution in [3.05, 3.63) is 23.0 Å². The van der Waals surface area contributed by atoms with Gasteiger partial charge in [0.05, 0.1) is 12.8 Å². The van der Waals surface area contributed by atoms with Crippen LogP contribution in [0.5, 0.6) is 0 Å². The fourth-order valence-electron chi connectivity index (χ4n) is 1.60. The van der Waals surface area contributed by atoms with Crippen LogP contribution in [-0.4, -0.2) is 41.4 Å². The van der Waals surface area contributed by atoms with E-state index >= 15 is 0 Å². The monoisotopic (exact) mass is 313 g/mol. The van der Waals surface area contributed by atoms with Gasteiger partial charge in [0.2, 0.25) is 0 Å². The highest BCUT2D eigenvalue weighted by atomic mass is 32.2. The van der Waals surface area contributed by atoms with Gasteiger partial charge in [-0.1, -0.05) is 0 Å². The van der Waals surface area contributed by atoms with Crippen LogP contribution in [0, 0.1) is 13.8 Å². The molecule has 2 aromatic heterocycles. The van der Waals surface area contributed by atoms with Gasteiger partial charge in [-0.3, -0.25) is 14.9 Å². The van der Waals surface area contributed by atoms with Crippen LogP contribution < -0.4 is 4.72 Å². The van der Waals surface area contributed by atoms with E-state index in [1.54, 1.807) is 20.8 Å². The normalized spacial score (nSPS) is 11.4. The van der Waals surface area contributed by atoms with Crippen molar-refractivity contribution >= 4 is 21.8 Å². The van der Waals surface area contributed by atoms with Crippen molar-refractivity contribution in [2.45, 2.75) is 25.8 Å². The maximum Gasteiger partial charge on any atom is 0.342 e. The topological polar surface area (TPSA) is 130 Å². The van der Waals surface area contributed by atoms with Crippen LogP contribution in [0.25, 0.3) is 0 Å². The molecule has 0 unspecified atom stereocenters. The minimum atomic E-state index is -4.02. The Bertz CT molecular complexity index is 761. The van der Waals surface area contributed by atoms with Gasteiger partial charge in [0, 0.05) is 11.3 Å². The summed E-state index contributed by atoms with van der Waals surface area (Å²) in [7, 11) is -4.02. The summed E-state index contributed by atoms with van der Waals surface area (Å²) in [6.45, 7) is 5.24. The SMILES string of the molecule is CCOC(=O)c1cn[nH]c1S(=O)(=O)Nc1n[nH]c(C)c1C. The predicted molar refractivity (Wildman–Crippen MR) is 73.4 cm³/mol.